The predicted molar refractivity (Wildman–Crippen MR) is 92.9 cm³/mol. The summed E-state index contributed by atoms with van der Waals surface area (Å²) in [5, 5.41) is 0. The summed E-state index contributed by atoms with van der Waals surface area (Å²) in [4.78, 5) is 27.1. The van der Waals surface area contributed by atoms with Gasteiger partial charge in [-0.05, 0) is 40.5 Å². The maximum atomic E-state index is 12.2. The lowest BCUT2D eigenvalue weighted by molar-refractivity contribution is -0.138. The second-order valence-electron chi connectivity index (χ2n) is 5.43. The number of benzene rings is 1. The van der Waals surface area contributed by atoms with Crippen LogP contribution in [0.5, 0.6) is 5.75 Å². The van der Waals surface area contributed by atoms with Gasteiger partial charge in [0, 0.05) is 26.2 Å². The first kappa shape index (κ1) is 18.1. The van der Waals surface area contributed by atoms with E-state index in [0.717, 1.165) is 15.8 Å². The average molecular weight is 404 g/mol. The molecule has 0 N–H and O–H groups in total. The van der Waals surface area contributed by atoms with Crippen LogP contribution in [0.1, 0.15) is 12.0 Å². The second kappa shape index (κ2) is 8.55. The normalized spacial score (nSPS) is 14.7. The Hall–Kier alpha value is -1.27. The van der Waals surface area contributed by atoms with Gasteiger partial charge in [0.25, 0.3) is 0 Å². The predicted octanol–water partition coefficient (Wildman–Crippen LogP) is 2.44. The molecule has 1 aromatic carbocycles. The van der Waals surface area contributed by atoms with Crippen molar-refractivity contribution in [3.05, 3.63) is 28.2 Å². The van der Waals surface area contributed by atoms with Gasteiger partial charge in [0.2, 0.25) is 11.8 Å². The van der Waals surface area contributed by atoms with E-state index in [1.165, 1.54) is 0 Å². The van der Waals surface area contributed by atoms with Crippen molar-refractivity contribution in [2.45, 2.75) is 13.3 Å². The SMILES string of the molecule is Cc1ccc(OCCC(=O)N2CCN(C(=O)CCl)CC2)c(Br)c1. The second-order valence-corrected chi connectivity index (χ2v) is 6.55. The molecule has 1 fully saturated rings. The number of hydrogen-bond donors (Lipinski definition) is 0. The van der Waals surface area contributed by atoms with Crippen molar-refractivity contribution in [3.8, 4) is 5.75 Å². The molecule has 2 amide bonds. The van der Waals surface area contributed by atoms with Gasteiger partial charge >= 0.3 is 0 Å². The zero-order valence-corrected chi connectivity index (χ0v) is 15.4. The molecule has 0 unspecified atom stereocenters. The Morgan fingerprint density at radius 2 is 1.78 bits per heavy atom. The Kier molecular flexibility index (Phi) is 6.72. The highest BCUT2D eigenvalue weighted by Gasteiger charge is 2.23. The van der Waals surface area contributed by atoms with E-state index in [4.69, 9.17) is 16.3 Å². The molecule has 0 spiro atoms. The monoisotopic (exact) mass is 402 g/mol. The molecule has 0 radical (unpaired) electrons. The molecular weight excluding hydrogens is 384 g/mol. The van der Waals surface area contributed by atoms with Crippen LogP contribution in [0.4, 0.5) is 0 Å². The molecule has 7 heteroatoms. The summed E-state index contributed by atoms with van der Waals surface area (Å²) in [5.74, 6) is 0.700. The number of aryl methyl sites for hydroxylation is 1. The van der Waals surface area contributed by atoms with E-state index in [1.54, 1.807) is 9.80 Å². The molecular formula is C16H20BrClN2O3. The first-order chi connectivity index (χ1) is 11.0. The highest BCUT2D eigenvalue weighted by atomic mass is 79.9. The lowest BCUT2D eigenvalue weighted by Gasteiger charge is -2.34. The molecule has 0 saturated carbocycles. The minimum Gasteiger partial charge on any atom is -0.492 e. The topological polar surface area (TPSA) is 49.9 Å². The summed E-state index contributed by atoms with van der Waals surface area (Å²) in [6, 6.07) is 5.83. The Morgan fingerprint density at radius 1 is 1.17 bits per heavy atom. The van der Waals surface area contributed by atoms with Crippen molar-refractivity contribution >= 4 is 39.3 Å². The van der Waals surface area contributed by atoms with Crippen molar-refractivity contribution < 1.29 is 14.3 Å². The van der Waals surface area contributed by atoms with Crippen molar-refractivity contribution in [1.82, 2.24) is 9.80 Å². The molecule has 1 aliphatic heterocycles. The van der Waals surface area contributed by atoms with Gasteiger partial charge in [-0.25, -0.2) is 0 Å². The number of piperazine rings is 1. The Bertz CT molecular complexity index is 574. The molecule has 1 saturated heterocycles. The van der Waals surface area contributed by atoms with Gasteiger partial charge < -0.3 is 14.5 Å². The fourth-order valence-corrected chi connectivity index (χ4v) is 3.20. The van der Waals surface area contributed by atoms with Crippen molar-refractivity contribution in [2.24, 2.45) is 0 Å². The largest absolute Gasteiger partial charge is 0.492 e. The van der Waals surface area contributed by atoms with Gasteiger partial charge in [0.1, 0.15) is 11.6 Å². The summed E-state index contributed by atoms with van der Waals surface area (Å²) in [7, 11) is 0. The van der Waals surface area contributed by atoms with E-state index in [0.29, 0.717) is 39.2 Å². The Morgan fingerprint density at radius 3 is 2.35 bits per heavy atom. The smallest absolute Gasteiger partial charge is 0.237 e. The Labute approximate surface area is 149 Å². The summed E-state index contributed by atoms with van der Waals surface area (Å²) < 4.78 is 6.54. The van der Waals surface area contributed by atoms with E-state index in [2.05, 4.69) is 15.9 Å². The van der Waals surface area contributed by atoms with Crippen LogP contribution in [0.25, 0.3) is 0 Å². The minimum absolute atomic E-state index is 0.00673. The summed E-state index contributed by atoms with van der Waals surface area (Å²) in [6.45, 7) is 4.53. The molecule has 2 rings (SSSR count). The van der Waals surface area contributed by atoms with Gasteiger partial charge in [-0.3, -0.25) is 9.59 Å². The Balaban J connectivity index is 1.74. The number of rotatable bonds is 5. The fraction of sp³-hybridized carbons (Fsp3) is 0.500. The van der Waals surface area contributed by atoms with Crippen LogP contribution in [0.3, 0.4) is 0 Å². The van der Waals surface area contributed by atoms with E-state index in [-0.39, 0.29) is 17.7 Å². The van der Waals surface area contributed by atoms with Gasteiger partial charge in [0.15, 0.2) is 0 Å². The van der Waals surface area contributed by atoms with Gasteiger partial charge in [-0.1, -0.05) is 6.07 Å². The molecule has 126 valence electrons. The summed E-state index contributed by atoms with van der Waals surface area (Å²) in [5.41, 5.74) is 1.14. The zero-order valence-electron chi connectivity index (χ0n) is 13.1. The molecule has 23 heavy (non-hydrogen) atoms. The number of halogens is 2. The standard InChI is InChI=1S/C16H20BrClN2O3/c1-12-2-3-14(13(17)10-12)23-9-4-15(21)19-5-7-20(8-6-19)16(22)11-18/h2-3,10H,4-9,11H2,1H3. The highest BCUT2D eigenvalue weighted by Crippen LogP contribution is 2.25. The summed E-state index contributed by atoms with van der Waals surface area (Å²) >= 11 is 8.99. The van der Waals surface area contributed by atoms with E-state index in [1.807, 2.05) is 25.1 Å². The number of carbonyl (C=O) groups excluding carboxylic acids is 2. The number of ether oxygens (including phenoxy) is 1. The number of amides is 2. The molecule has 0 bridgehead atoms. The molecule has 5 nitrogen and oxygen atoms in total. The van der Waals surface area contributed by atoms with E-state index >= 15 is 0 Å². The van der Waals surface area contributed by atoms with Gasteiger partial charge in [-0.15, -0.1) is 11.6 Å². The van der Waals surface area contributed by atoms with Crippen LogP contribution in [-0.4, -0.2) is 60.3 Å². The maximum absolute atomic E-state index is 12.2. The van der Waals surface area contributed by atoms with Crippen LogP contribution >= 0.6 is 27.5 Å². The van der Waals surface area contributed by atoms with Crippen LogP contribution < -0.4 is 4.74 Å². The molecule has 0 atom stereocenters. The van der Waals surface area contributed by atoms with Crippen LogP contribution in [0.2, 0.25) is 0 Å². The quantitative estimate of drug-likeness (QED) is 0.710. The fourth-order valence-electron chi connectivity index (χ4n) is 2.42. The number of alkyl halides is 1. The lowest BCUT2D eigenvalue weighted by atomic mass is 10.2. The molecule has 1 aromatic rings. The molecule has 0 aromatic heterocycles. The molecule has 0 aliphatic carbocycles. The van der Waals surface area contributed by atoms with Gasteiger partial charge in [0.05, 0.1) is 17.5 Å². The van der Waals surface area contributed by atoms with E-state index < -0.39 is 0 Å². The van der Waals surface area contributed by atoms with Crippen LogP contribution in [0.15, 0.2) is 22.7 Å². The first-order valence-electron chi connectivity index (χ1n) is 7.51. The molecule has 1 aliphatic rings. The van der Waals surface area contributed by atoms with Crippen molar-refractivity contribution in [3.63, 3.8) is 0 Å². The van der Waals surface area contributed by atoms with E-state index in [9.17, 15) is 9.59 Å². The number of hydrogen-bond acceptors (Lipinski definition) is 3. The van der Waals surface area contributed by atoms with Crippen LogP contribution in [-0.2, 0) is 9.59 Å². The van der Waals surface area contributed by atoms with Crippen molar-refractivity contribution in [1.29, 1.82) is 0 Å². The number of nitrogens with zero attached hydrogens (tertiary/aromatic N) is 2. The average Bonchev–Trinajstić information content (AvgIpc) is 2.56. The summed E-state index contributed by atoms with van der Waals surface area (Å²) in [6.07, 6.45) is 0.323. The maximum Gasteiger partial charge on any atom is 0.237 e. The van der Waals surface area contributed by atoms with Gasteiger partial charge in [-0.2, -0.15) is 0 Å². The van der Waals surface area contributed by atoms with Crippen molar-refractivity contribution in [2.75, 3.05) is 38.7 Å². The third-order valence-corrected chi connectivity index (χ3v) is 4.61. The third kappa shape index (κ3) is 5.11. The molecule has 1 heterocycles. The first-order valence-corrected chi connectivity index (χ1v) is 8.84. The number of carbonyl (C=O) groups is 2. The minimum atomic E-state index is -0.0775. The third-order valence-electron chi connectivity index (χ3n) is 3.76. The highest BCUT2D eigenvalue weighted by molar-refractivity contribution is 9.10. The lowest BCUT2D eigenvalue weighted by Crippen LogP contribution is -2.51. The van der Waals surface area contributed by atoms with Crippen LogP contribution in [0, 0.1) is 6.92 Å². The zero-order chi connectivity index (χ0) is 16.8.